The summed E-state index contributed by atoms with van der Waals surface area (Å²) in [6.07, 6.45) is -0.257. The second kappa shape index (κ2) is 9.60. The van der Waals surface area contributed by atoms with E-state index < -0.39 is 30.0 Å². The highest BCUT2D eigenvalue weighted by Gasteiger charge is 2.22. The summed E-state index contributed by atoms with van der Waals surface area (Å²) in [6.45, 7) is 1.81. The van der Waals surface area contributed by atoms with Gasteiger partial charge in [-0.15, -0.1) is 0 Å². The lowest BCUT2D eigenvalue weighted by Gasteiger charge is -2.12. The molecule has 0 saturated heterocycles. The molecular formula is C16H22N2O7. The molecule has 25 heavy (non-hydrogen) atoms. The van der Waals surface area contributed by atoms with E-state index in [0.717, 1.165) is 0 Å². The molecule has 0 radical (unpaired) electrons. The Morgan fingerprint density at radius 2 is 1.76 bits per heavy atom. The predicted octanol–water partition coefficient (Wildman–Crippen LogP) is -0.292. The Kier molecular flexibility index (Phi) is 7.83. The van der Waals surface area contributed by atoms with Gasteiger partial charge in [-0.1, -0.05) is 6.07 Å². The first-order valence-electron chi connectivity index (χ1n) is 7.67. The lowest BCUT2D eigenvalue weighted by molar-refractivity contribution is -0.160. The fourth-order valence-electron chi connectivity index (χ4n) is 1.91. The SMILES string of the molecule is CCOC(=O)[C@@H](N)CCC(=O)OC(=O)[C@@H](N)Cc1ccc(O)c(O)c1. The normalized spacial score (nSPS) is 12.9. The first-order chi connectivity index (χ1) is 11.7. The number of ether oxygens (including phenoxy) is 2. The molecule has 9 nitrogen and oxygen atoms in total. The highest BCUT2D eigenvalue weighted by atomic mass is 16.6. The van der Waals surface area contributed by atoms with Gasteiger partial charge in [-0.25, -0.2) is 4.79 Å². The number of carbonyl (C=O) groups is 3. The number of hydrogen-bond donors (Lipinski definition) is 4. The molecule has 0 spiro atoms. The molecular weight excluding hydrogens is 332 g/mol. The van der Waals surface area contributed by atoms with Crippen molar-refractivity contribution in [1.29, 1.82) is 0 Å². The molecule has 0 unspecified atom stereocenters. The number of carbonyl (C=O) groups excluding carboxylic acids is 3. The van der Waals surface area contributed by atoms with Gasteiger partial charge in [-0.2, -0.15) is 0 Å². The summed E-state index contributed by atoms with van der Waals surface area (Å²) in [5.41, 5.74) is 11.7. The van der Waals surface area contributed by atoms with Gasteiger partial charge < -0.3 is 31.2 Å². The van der Waals surface area contributed by atoms with E-state index in [4.69, 9.17) is 16.2 Å². The van der Waals surface area contributed by atoms with E-state index in [9.17, 15) is 24.6 Å². The van der Waals surface area contributed by atoms with Gasteiger partial charge in [0.1, 0.15) is 12.1 Å². The van der Waals surface area contributed by atoms with Crippen LogP contribution < -0.4 is 11.5 Å². The van der Waals surface area contributed by atoms with Crippen LogP contribution in [0.4, 0.5) is 0 Å². The van der Waals surface area contributed by atoms with E-state index in [1.54, 1.807) is 6.92 Å². The molecule has 0 heterocycles. The number of nitrogens with two attached hydrogens (primary N) is 2. The second-order valence-corrected chi connectivity index (χ2v) is 5.32. The minimum absolute atomic E-state index is 0.00227. The Balaban J connectivity index is 2.44. The molecule has 138 valence electrons. The lowest BCUT2D eigenvalue weighted by Crippen LogP contribution is -2.36. The van der Waals surface area contributed by atoms with Crippen LogP contribution >= 0.6 is 0 Å². The second-order valence-electron chi connectivity index (χ2n) is 5.32. The Hall–Kier alpha value is -2.65. The van der Waals surface area contributed by atoms with Crippen molar-refractivity contribution in [3.8, 4) is 11.5 Å². The van der Waals surface area contributed by atoms with Crippen LogP contribution in [0, 0.1) is 0 Å². The maximum Gasteiger partial charge on any atom is 0.330 e. The minimum atomic E-state index is -1.13. The van der Waals surface area contributed by atoms with Crippen LogP contribution in [0.5, 0.6) is 11.5 Å². The average molecular weight is 354 g/mol. The van der Waals surface area contributed by atoms with E-state index in [1.807, 2.05) is 0 Å². The van der Waals surface area contributed by atoms with E-state index in [1.165, 1.54) is 18.2 Å². The highest BCUT2D eigenvalue weighted by Crippen LogP contribution is 2.25. The van der Waals surface area contributed by atoms with E-state index in [0.29, 0.717) is 5.56 Å². The number of phenolic OH excluding ortho intramolecular Hbond substituents is 2. The predicted molar refractivity (Wildman–Crippen MR) is 86.4 cm³/mol. The molecule has 0 saturated carbocycles. The average Bonchev–Trinajstić information content (AvgIpc) is 2.56. The number of hydrogen-bond acceptors (Lipinski definition) is 9. The first-order valence-corrected chi connectivity index (χ1v) is 7.67. The lowest BCUT2D eigenvalue weighted by atomic mass is 10.1. The maximum absolute atomic E-state index is 11.8. The van der Waals surface area contributed by atoms with E-state index in [2.05, 4.69) is 4.74 Å². The van der Waals surface area contributed by atoms with Crippen LogP contribution in [-0.4, -0.2) is 46.8 Å². The van der Waals surface area contributed by atoms with Crippen LogP contribution in [0.1, 0.15) is 25.3 Å². The topological polar surface area (TPSA) is 162 Å². The third-order valence-electron chi connectivity index (χ3n) is 3.26. The zero-order valence-corrected chi connectivity index (χ0v) is 13.8. The van der Waals surface area contributed by atoms with Gasteiger partial charge in [-0.3, -0.25) is 9.59 Å². The van der Waals surface area contributed by atoms with Gasteiger partial charge in [-0.05, 0) is 37.5 Å². The van der Waals surface area contributed by atoms with Crippen molar-refractivity contribution in [2.45, 2.75) is 38.3 Å². The zero-order chi connectivity index (χ0) is 19.0. The van der Waals surface area contributed by atoms with Crippen molar-refractivity contribution in [1.82, 2.24) is 0 Å². The van der Waals surface area contributed by atoms with Crippen LogP contribution in [-0.2, 0) is 30.3 Å². The Morgan fingerprint density at radius 3 is 2.36 bits per heavy atom. The van der Waals surface area contributed by atoms with E-state index >= 15 is 0 Å². The number of phenols is 2. The van der Waals surface area contributed by atoms with Crippen molar-refractivity contribution in [2.75, 3.05) is 6.61 Å². The largest absolute Gasteiger partial charge is 0.504 e. The summed E-state index contributed by atoms with van der Waals surface area (Å²) in [7, 11) is 0. The molecule has 0 aromatic heterocycles. The van der Waals surface area contributed by atoms with Gasteiger partial charge in [0, 0.05) is 6.42 Å². The monoisotopic (exact) mass is 354 g/mol. The number of aromatic hydroxyl groups is 2. The Morgan fingerprint density at radius 1 is 1.08 bits per heavy atom. The number of rotatable bonds is 8. The summed E-state index contributed by atoms with van der Waals surface area (Å²) >= 11 is 0. The highest BCUT2D eigenvalue weighted by molar-refractivity contribution is 5.88. The van der Waals surface area contributed by atoms with E-state index in [-0.39, 0.29) is 37.4 Å². The van der Waals surface area contributed by atoms with Crippen LogP contribution in [0.3, 0.4) is 0 Å². The zero-order valence-electron chi connectivity index (χ0n) is 13.8. The van der Waals surface area contributed by atoms with Gasteiger partial charge in [0.25, 0.3) is 0 Å². The molecule has 0 amide bonds. The molecule has 0 aliphatic heterocycles. The van der Waals surface area contributed by atoms with Crippen LogP contribution in [0.2, 0.25) is 0 Å². The van der Waals surface area contributed by atoms with Crippen molar-refractivity contribution in [3.63, 3.8) is 0 Å². The number of benzene rings is 1. The van der Waals surface area contributed by atoms with Crippen molar-refractivity contribution < 1.29 is 34.1 Å². The van der Waals surface area contributed by atoms with Gasteiger partial charge >= 0.3 is 17.9 Å². The summed E-state index contributed by atoms with van der Waals surface area (Å²) in [4.78, 5) is 34.7. The van der Waals surface area contributed by atoms with Gasteiger partial charge in [0.2, 0.25) is 0 Å². The standard InChI is InChI=1S/C16H22N2O7/c1-2-24-15(22)10(17)4-6-14(21)25-16(23)11(18)7-9-3-5-12(19)13(20)8-9/h3,5,8,10-11,19-20H,2,4,6-7,17-18H2,1H3/t10-,11-/m0/s1. The van der Waals surface area contributed by atoms with Gasteiger partial charge in [0.05, 0.1) is 6.61 Å². The summed E-state index contributed by atoms with van der Waals surface area (Å²) in [6, 6.07) is 1.87. The third kappa shape index (κ3) is 6.77. The third-order valence-corrected chi connectivity index (χ3v) is 3.26. The van der Waals surface area contributed by atoms with Gasteiger partial charge in [0.15, 0.2) is 11.5 Å². The molecule has 0 fully saturated rings. The fourth-order valence-corrected chi connectivity index (χ4v) is 1.91. The molecule has 0 bridgehead atoms. The molecule has 9 heteroatoms. The Labute approximate surface area is 144 Å². The minimum Gasteiger partial charge on any atom is -0.504 e. The summed E-state index contributed by atoms with van der Waals surface area (Å²) in [5, 5.41) is 18.6. The molecule has 1 aromatic carbocycles. The fraction of sp³-hybridized carbons (Fsp3) is 0.438. The van der Waals surface area contributed by atoms with Crippen LogP contribution in [0.15, 0.2) is 18.2 Å². The Bertz CT molecular complexity index is 633. The maximum atomic E-state index is 11.8. The first kappa shape index (κ1) is 20.4. The van der Waals surface area contributed by atoms with Crippen molar-refractivity contribution in [2.24, 2.45) is 11.5 Å². The molecule has 0 aliphatic rings. The molecule has 1 rings (SSSR count). The summed E-state index contributed by atoms with van der Waals surface area (Å²) < 4.78 is 9.30. The quantitative estimate of drug-likeness (QED) is 0.279. The molecule has 2 atom stereocenters. The molecule has 1 aromatic rings. The molecule has 6 N–H and O–H groups in total. The number of esters is 3. The summed E-state index contributed by atoms with van der Waals surface area (Å²) in [5.74, 6) is -3.07. The van der Waals surface area contributed by atoms with Crippen molar-refractivity contribution in [3.05, 3.63) is 23.8 Å². The smallest absolute Gasteiger partial charge is 0.330 e. The molecule has 0 aliphatic carbocycles. The van der Waals surface area contributed by atoms with Crippen molar-refractivity contribution >= 4 is 17.9 Å². The van der Waals surface area contributed by atoms with Crippen LogP contribution in [0.25, 0.3) is 0 Å².